The van der Waals surface area contributed by atoms with Crippen LogP contribution in [0.2, 0.25) is 5.02 Å². The Morgan fingerprint density at radius 3 is 2.67 bits per heavy atom. The van der Waals surface area contributed by atoms with Crippen molar-refractivity contribution in [3.63, 3.8) is 0 Å². The molecule has 1 N–H and O–H groups in total. The molecule has 0 aromatic heterocycles. The van der Waals surface area contributed by atoms with Gasteiger partial charge in [-0.15, -0.1) is 0 Å². The van der Waals surface area contributed by atoms with Crippen molar-refractivity contribution in [3.8, 4) is 11.5 Å². The van der Waals surface area contributed by atoms with Crippen molar-refractivity contribution >= 4 is 11.6 Å². The standard InChI is InChI=1S/C20H26ClNO2/c1-4-5-9-22-13-17-11-19(23-3)20(12-18(17)21)24-14-16-8-6-7-15(2)10-16/h6-8,10-12,22H,4-5,9,13-14H2,1-3H3. The van der Waals surface area contributed by atoms with Crippen LogP contribution in [0, 0.1) is 6.92 Å². The molecule has 4 heteroatoms. The molecule has 0 unspecified atom stereocenters. The molecular formula is C20H26ClNO2. The van der Waals surface area contributed by atoms with Crippen LogP contribution in [-0.4, -0.2) is 13.7 Å². The van der Waals surface area contributed by atoms with Gasteiger partial charge in [0.05, 0.1) is 7.11 Å². The van der Waals surface area contributed by atoms with Crippen molar-refractivity contribution in [1.29, 1.82) is 0 Å². The normalized spacial score (nSPS) is 10.7. The lowest BCUT2D eigenvalue weighted by atomic mass is 10.1. The second-order valence-electron chi connectivity index (χ2n) is 5.90. The smallest absolute Gasteiger partial charge is 0.163 e. The first kappa shape index (κ1) is 18.6. The lowest BCUT2D eigenvalue weighted by Crippen LogP contribution is -2.14. The van der Waals surface area contributed by atoms with Crippen LogP contribution in [0.1, 0.15) is 36.5 Å². The fraction of sp³-hybridized carbons (Fsp3) is 0.400. The topological polar surface area (TPSA) is 30.5 Å². The molecule has 2 aromatic rings. The van der Waals surface area contributed by atoms with Gasteiger partial charge in [0.2, 0.25) is 0 Å². The second-order valence-corrected chi connectivity index (χ2v) is 6.31. The van der Waals surface area contributed by atoms with Crippen LogP contribution < -0.4 is 14.8 Å². The second kappa shape index (κ2) is 9.55. The molecule has 0 bridgehead atoms. The van der Waals surface area contributed by atoms with E-state index in [0.717, 1.165) is 30.6 Å². The molecule has 3 nitrogen and oxygen atoms in total. The lowest BCUT2D eigenvalue weighted by molar-refractivity contribution is 0.284. The van der Waals surface area contributed by atoms with Crippen molar-refractivity contribution in [3.05, 3.63) is 58.1 Å². The quantitative estimate of drug-likeness (QED) is 0.638. The monoisotopic (exact) mass is 347 g/mol. The van der Waals surface area contributed by atoms with Crippen LogP contribution in [0.4, 0.5) is 0 Å². The van der Waals surface area contributed by atoms with Crippen molar-refractivity contribution in [2.75, 3.05) is 13.7 Å². The Labute approximate surface area is 149 Å². The van der Waals surface area contributed by atoms with Gasteiger partial charge in [-0.1, -0.05) is 54.8 Å². The highest BCUT2D eigenvalue weighted by Crippen LogP contribution is 2.34. The van der Waals surface area contributed by atoms with Crippen molar-refractivity contribution in [2.45, 2.75) is 39.8 Å². The zero-order chi connectivity index (χ0) is 17.4. The molecule has 24 heavy (non-hydrogen) atoms. The highest BCUT2D eigenvalue weighted by Gasteiger charge is 2.11. The average Bonchev–Trinajstić information content (AvgIpc) is 2.58. The Balaban J connectivity index is 2.05. The van der Waals surface area contributed by atoms with Crippen LogP contribution in [0.3, 0.4) is 0 Å². The molecule has 2 rings (SSSR count). The number of benzene rings is 2. The fourth-order valence-electron chi connectivity index (χ4n) is 2.47. The minimum atomic E-state index is 0.489. The summed E-state index contributed by atoms with van der Waals surface area (Å²) in [6.07, 6.45) is 2.34. The van der Waals surface area contributed by atoms with E-state index in [-0.39, 0.29) is 0 Å². The van der Waals surface area contributed by atoms with Crippen molar-refractivity contribution < 1.29 is 9.47 Å². The summed E-state index contributed by atoms with van der Waals surface area (Å²) in [4.78, 5) is 0. The fourth-order valence-corrected chi connectivity index (χ4v) is 2.69. The highest BCUT2D eigenvalue weighted by molar-refractivity contribution is 6.31. The maximum Gasteiger partial charge on any atom is 0.163 e. The summed E-state index contributed by atoms with van der Waals surface area (Å²) < 4.78 is 11.4. The zero-order valence-electron chi connectivity index (χ0n) is 14.7. The minimum absolute atomic E-state index is 0.489. The van der Waals surface area contributed by atoms with E-state index >= 15 is 0 Å². The lowest BCUT2D eigenvalue weighted by Gasteiger charge is -2.14. The largest absolute Gasteiger partial charge is 0.493 e. The molecule has 0 atom stereocenters. The van der Waals surface area contributed by atoms with E-state index in [0.29, 0.717) is 23.1 Å². The van der Waals surface area contributed by atoms with E-state index < -0.39 is 0 Å². The van der Waals surface area contributed by atoms with Gasteiger partial charge in [0.25, 0.3) is 0 Å². The van der Waals surface area contributed by atoms with Crippen LogP contribution in [0.25, 0.3) is 0 Å². The predicted octanol–water partition coefficient (Wildman–Crippen LogP) is 5.13. The summed E-state index contributed by atoms with van der Waals surface area (Å²) in [5.41, 5.74) is 3.36. The molecule has 0 aliphatic carbocycles. The molecule has 0 radical (unpaired) electrons. The van der Waals surface area contributed by atoms with Crippen LogP contribution in [0.15, 0.2) is 36.4 Å². The Morgan fingerprint density at radius 2 is 1.96 bits per heavy atom. The first-order chi connectivity index (χ1) is 11.6. The van der Waals surface area contributed by atoms with Crippen molar-refractivity contribution in [2.24, 2.45) is 0 Å². The SMILES string of the molecule is CCCCNCc1cc(OC)c(OCc2cccc(C)c2)cc1Cl. The van der Waals surface area contributed by atoms with E-state index in [4.69, 9.17) is 21.1 Å². The molecule has 0 aliphatic heterocycles. The van der Waals surface area contributed by atoms with Crippen molar-refractivity contribution in [1.82, 2.24) is 5.32 Å². The number of ether oxygens (including phenoxy) is 2. The number of rotatable bonds is 9. The highest BCUT2D eigenvalue weighted by atomic mass is 35.5. The Bertz CT molecular complexity index is 658. The molecule has 0 saturated carbocycles. The summed E-state index contributed by atoms with van der Waals surface area (Å²) in [5, 5.41) is 4.09. The number of methoxy groups -OCH3 is 1. The molecular weight excluding hydrogens is 322 g/mol. The van der Waals surface area contributed by atoms with Gasteiger partial charge in [0, 0.05) is 17.6 Å². The van der Waals surface area contributed by atoms with Gasteiger partial charge >= 0.3 is 0 Å². The van der Waals surface area contributed by atoms with Gasteiger partial charge in [-0.05, 0) is 37.1 Å². The number of unbranched alkanes of at least 4 members (excludes halogenated alkanes) is 1. The van der Waals surface area contributed by atoms with E-state index in [9.17, 15) is 0 Å². The van der Waals surface area contributed by atoms with Gasteiger partial charge in [-0.2, -0.15) is 0 Å². The first-order valence-corrected chi connectivity index (χ1v) is 8.77. The molecule has 0 heterocycles. The van der Waals surface area contributed by atoms with Crippen LogP contribution in [-0.2, 0) is 13.2 Å². The first-order valence-electron chi connectivity index (χ1n) is 8.39. The summed E-state index contributed by atoms with van der Waals surface area (Å²) in [6, 6.07) is 12.1. The van der Waals surface area contributed by atoms with Gasteiger partial charge in [0.15, 0.2) is 11.5 Å². The molecule has 0 fully saturated rings. The van der Waals surface area contributed by atoms with Gasteiger partial charge in [-0.3, -0.25) is 0 Å². The summed E-state index contributed by atoms with van der Waals surface area (Å²) in [5.74, 6) is 1.38. The number of hydrogen-bond donors (Lipinski definition) is 1. The van der Waals surface area contributed by atoms with E-state index in [1.165, 1.54) is 12.0 Å². The molecule has 2 aromatic carbocycles. The molecule has 0 spiro atoms. The van der Waals surface area contributed by atoms with Gasteiger partial charge in [0.1, 0.15) is 6.61 Å². The van der Waals surface area contributed by atoms with Crippen LogP contribution >= 0.6 is 11.6 Å². The minimum Gasteiger partial charge on any atom is -0.493 e. The maximum absolute atomic E-state index is 6.40. The Morgan fingerprint density at radius 1 is 1.12 bits per heavy atom. The molecule has 0 saturated heterocycles. The number of hydrogen-bond acceptors (Lipinski definition) is 3. The number of aryl methyl sites for hydroxylation is 1. The number of halogens is 1. The van der Waals surface area contributed by atoms with E-state index in [2.05, 4.69) is 31.3 Å². The molecule has 130 valence electrons. The number of nitrogens with one attached hydrogen (secondary N) is 1. The van der Waals surface area contributed by atoms with E-state index in [1.54, 1.807) is 7.11 Å². The molecule has 0 aliphatic rings. The average molecular weight is 348 g/mol. The maximum atomic E-state index is 6.40. The third-order valence-electron chi connectivity index (χ3n) is 3.83. The Kier molecular flexibility index (Phi) is 7.41. The third kappa shape index (κ3) is 5.43. The Hall–Kier alpha value is -1.71. The zero-order valence-corrected chi connectivity index (χ0v) is 15.5. The summed E-state index contributed by atoms with van der Waals surface area (Å²) in [7, 11) is 1.65. The molecule has 0 amide bonds. The summed E-state index contributed by atoms with van der Waals surface area (Å²) in [6.45, 7) is 6.45. The predicted molar refractivity (Wildman–Crippen MR) is 100 cm³/mol. The van der Waals surface area contributed by atoms with E-state index in [1.807, 2.05) is 24.3 Å². The van der Waals surface area contributed by atoms with Gasteiger partial charge in [-0.25, -0.2) is 0 Å². The third-order valence-corrected chi connectivity index (χ3v) is 4.18. The summed E-state index contributed by atoms with van der Waals surface area (Å²) >= 11 is 6.40. The van der Waals surface area contributed by atoms with Crippen LogP contribution in [0.5, 0.6) is 11.5 Å². The van der Waals surface area contributed by atoms with Gasteiger partial charge < -0.3 is 14.8 Å².